The number of hydrogen-bond acceptors (Lipinski definition) is 4. The van der Waals surface area contributed by atoms with E-state index in [1.165, 1.54) is 0 Å². The molecule has 108 valence electrons. The fourth-order valence-electron chi connectivity index (χ4n) is 1.98. The topological polar surface area (TPSA) is 54.4 Å². The van der Waals surface area contributed by atoms with Gasteiger partial charge in [-0.2, -0.15) is 0 Å². The average molecular weight is 274 g/mol. The standard InChI is InChI=1S/C16H22N2O2/c1-12(2)9-17-10-14(19)11-20-15-7-3-5-13-6-4-8-18-16(13)15/h3-8,12,14,17,19H,9-11H2,1-2H3. The second kappa shape index (κ2) is 7.22. The Morgan fingerprint density at radius 2 is 2.00 bits per heavy atom. The van der Waals surface area contributed by atoms with E-state index in [9.17, 15) is 5.11 Å². The van der Waals surface area contributed by atoms with Crippen LogP contribution >= 0.6 is 0 Å². The van der Waals surface area contributed by atoms with Crippen molar-refractivity contribution in [2.24, 2.45) is 5.92 Å². The predicted molar refractivity (Wildman–Crippen MR) is 81.0 cm³/mol. The summed E-state index contributed by atoms with van der Waals surface area (Å²) in [5, 5.41) is 14.1. The van der Waals surface area contributed by atoms with Crippen LogP contribution in [0.15, 0.2) is 36.5 Å². The molecule has 4 nitrogen and oxygen atoms in total. The quantitative estimate of drug-likeness (QED) is 0.813. The van der Waals surface area contributed by atoms with Crippen LogP contribution in [0.5, 0.6) is 5.75 Å². The molecule has 0 bridgehead atoms. The number of aromatic nitrogens is 1. The largest absolute Gasteiger partial charge is 0.489 e. The van der Waals surface area contributed by atoms with E-state index in [1.54, 1.807) is 6.20 Å². The zero-order valence-corrected chi connectivity index (χ0v) is 12.0. The molecule has 0 fully saturated rings. The first-order chi connectivity index (χ1) is 9.66. The fraction of sp³-hybridized carbons (Fsp3) is 0.438. The van der Waals surface area contributed by atoms with Gasteiger partial charge < -0.3 is 15.2 Å². The lowest BCUT2D eigenvalue weighted by Gasteiger charge is -2.15. The monoisotopic (exact) mass is 274 g/mol. The number of fused-ring (bicyclic) bond motifs is 1. The average Bonchev–Trinajstić information content (AvgIpc) is 2.44. The molecule has 1 aromatic heterocycles. The molecule has 2 aromatic rings. The summed E-state index contributed by atoms with van der Waals surface area (Å²) in [7, 11) is 0. The molecule has 1 unspecified atom stereocenters. The van der Waals surface area contributed by atoms with Crippen LogP contribution in [-0.2, 0) is 0 Å². The molecule has 0 saturated heterocycles. The Labute approximate surface area is 119 Å². The number of para-hydroxylation sites is 1. The first kappa shape index (κ1) is 14.8. The van der Waals surface area contributed by atoms with E-state index in [-0.39, 0.29) is 6.61 Å². The van der Waals surface area contributed by atoms with Crippen molar-refractivity contribution in [3.8, 4) is 5.75 Å². The van der Waals surface area contributed by atoms with Gasteiger partial charge in [-0.1, -0.05) is 32.0 Å². The third-order valence-corrected chi connectivity index (χ3v) is 2.96. The van der Waals surface area contributed by atoms with Gasteiger partial charge in [0.2, 0.25) is 0 Å². The molecule has 2 rings (SSSR count). The van der Waals surface area contributed by atoms with E-state index in [0.29, 0.717) is 18.2 Å². The van der Waals surface area contributed by atoms with Crippen molar-refractivity contribution in [2.75, 3.05) is 19.7 Å². The Balaban J connectivity index is 1.89. The molecule has 0 aliphatic rings. The first-order valence-electron chi connectivity index (χ1n) is 7.02. The SMILES string of the molecule is CC(C)CNCC(O)COc1cccc2cccnc12. The van der Waals surface area contributed by atoms with Crippen molar-refractivity contribution >= 4 is 10.9 Å². The highest BCUT2D eigenvalue weighted by atomic mass is 16.5. The van der Waals surface area contributed by atoms with Gasteiger partial charge in [-0.25, -0.2) is 0 Å². The number of aliphatic hydroxyl groups is 1. The van der Waals surface area contributed by atoms with Crippen LogP contribution in [0.4, 0.5) is 0 Å². The molecule has 4 heteroatoms. The number of benzene rings is 1. The van der Waals surface area contributed by atoms with E-state index >= 15 is 0 Å². The lowest BCUT2D eigenvalue weighted by molar-refractivity contribution is 0.106. The number of nitrogens with one attached hydrogen (secondary N) is 1. The molecule has 1 aromatic carbocycles. The third kappa shape index (κ3) is 4.18. The summed E-state index contributed by atoms with van der Waals surface area (Å²) in [6.07, 6.45) is 1.23. The van der Waals surface area contributed by atoms with Gasteiger partial charge in [0.1, 0.15) is 24.0 Å². The number of aliphatic hydroxyl groups excluding tert-OH is 1. The Morgan fingerprint density at radius 3 is 2.80 bits per heavy atom. The Hall–Kier alpha value is -1.65. The van der Waals surface area contributed by atoms with Gasteiger partial charge in [0.05, 0.1) is 0 Å². The van der Waals surface area contributed by atoms with Crippen LogP contribution in [0.2, 0.25) is 0 Å². The summed E-state index contributed by atoms with van der Waals surface area (Å²) >= 11 is 0. The van der Waals surface area contributed by atoms with Crippen molar-refractivity contribution in [2.45, 2.75) is 20.0 Å². The number of rotatable bonds is 7. The molecule has 0 spiro atoms. The molecule has 2 N–H and O–H groups in total. The summed E-state index contributed by atoms with van der Waals surface area (Å²) < 4.78 is 5.69. The van der Waals surface area contributed by atoms with Gasteiger partial charge in [0.15, 0.2) is 0 Å². The van der Waals surface area contributed by atoms with Crippen molar-refractivity contribution in [1.82, 2.24) is 10.3 Å². The highest BCUT2D eigenvalue weighted by Gasteiger charge is 2.08. The molecule has 0 amide bonds. The molecule has 0 aliphatic heterocycles. The number of nitrogens with zero attached hydrogens (tertiary/aromatic N) is 1. The fourth-order valence-corrected chi connectivity index (χ4v) is 1.98. The van der Waals surface area contributed by atoms with Crippen LogP contribution in [0.1, 0.15) is 13.8 Å². The van der Waals surface area contributed by atoms with Crippen molar-refractivity contribution in [3.05, 3.63) is 36.5 Å². The van der Waals surface area contributed by atoms with Crippen LogP contribution in [-0.4, -0.2) is 35.9 Å². The Morgan fingerprint density at radius 1 is 1.20 bits per heavy atom. The van der Waals surface area contributed by atoms with Gasteiger partial charge in [0.25, 0.3) is 0 Å². The maximum atomic E-state index is 9.89. The third-order valence-electron chi connectivity index (χ3n) is 2.96. The molecule has 0 saturated carbocycles. The van der Waals surface area contributed by atoms with Gasteiger partial charge in [-0.15, -0.1) is 0 Å². The molecule has 1 heterocycles. The lowest BCUT2D eigenvalue weighted by atomic mass is 10.2. The second-order valence-corrected chi connectivity index (χ2v) is 5.35. The predicted octanol–water partition coefficient (Wildman–Crippen LogP) is 2.22. The van der Waals surface area contributed by atoms with Crippen molar-refractivity contribution in [1.29, 1.82) is 0 Å². The van der Waals surface area contributed by atoms with Crippen molar-refractivity contribution < 1.29 is 9.84 Å². The van der Waals surface area contributed by atoms with E-state index in [1.807, 2.05) is 30.3 Å². The molecule has 1 atom stereocenters. The molecular weight excluding hydrogens is 252 g/mol. The summed E-state index contributed by atoms with van der Waals surface area (Å²) in [5.41, 5.74) is 0.831. The summed E-state index contributed by atoms with van der Waals surface area (Å²) in [4.78, 5) is 4.32. The zero-order chi connectivity index (χ0) is 14.4. The molecular formula is C16H22N2O2. The maximum Gasteiger partial charge on any atom is 0.145 e. The molecule has 0 aliphatic carbocycles. The number of pyridine rings is 1. The highest BCUT2D eigenvalue weighted by Crippen LogP contribution is 2.22. The van der Waals surface area contributed by atoms with Crippen molar-refractivity contribution in [3.63, 3.8) is 0 Å². The minimum atomic E-state index is -0.521. The van der Waals surface area contributed by atoms with Crippen LogP contribution in [0, 0.1) is 5.92 Å². The molecule has 0 radical (unpaired) electrons. The van der Waals surface area contributed by atoms with Gasteiger partial charge in [-0.05, 0) is 24.6 Å². The van der Waals surface area contributed by atoms with Gasteiger partial charge in [-0.3, -0.25) is 4.98 Å². The molecule has 20 heavy (non-hydrogen) atoms. The summed E-state index contributed by atoms with van der Waals surface area (Å²) in [6, 6.07) is 9.70. The van der Waals surface area contributed by atoms with Gasteiger partial charge in [0, 0.05) is 18.1 Å². The minimum Gasteiger partial charge on any atom is -0.489 e. The van der Waals surface area contributed by atoms with Crippen LogP contribution < -0.4 is 10.1 Å². The minimum absolute atomic E-state index is 0.265. The van der Waals surface area contributed by atoms with E-state index in [4.69, 9.17) is 4.74 Å². The highest BCUT2D eigenvalue weighted by molar-refractivity contribution is 5.84. The number of hydrogen-bond donors (Lipinski definition) is 2. The smallest absolute Gasteiger partial charge is 0.145 e. The van der Waals surface area contributed by atoms with E-state index in [2.05, 4.69) is 24.1 Å². The van der Waals surface area contributed by atoms with Crippen LogP contribution in [0.3, 0.4) is 0 Å². The Kier molecular flexibility index (Phi) is 5.32. The maximum absolute atomic E-state index is 9.89. The van der Waals surface area contributed by atoms with E-state index < -0.39 is 6.10 Å². The second-order valence-electron chi connectivity index (χ2n) is 5.35. The Bertz CT molecular complexity index is 537. The first-order valence-corrected chi connectivity index (χ1v) is 7.02. The van der Waals surface area contributed by atoms with Crippen LogP contribution in [0.25, 0.3) is 10.9 Å². The lowest BCUT2D eigenvalue weighted by Crippen LogP contribution is -2.33. The normalized spacial score (nSPS) is 12.8. The van der Waals surface area contributed by atoms with E-state index in [0.717, 1.165) is 17.4 Å². The van der Waals surface area contributed by atoms with Gasteiger partial charge >= 0.3 is 0 Å². The zero-order valence-electron chi connectivity index (χ0n) is 12.0. The summed E-state index contributed by atoms with van der Waals surface area (Å²) in [6.45, 7) is 5.97. The summed E-state index contributed by atoms with van der Waals surface area (Å²) in [5.74, 6) is 1.29. The number of ether oxygens (including phenoxy) is 1.